The first-order valence-corrected chi connectivity index (χ1v) is 5.64. The number of aliphatic hydroxyl groups excluding tert-OH is 1. The highest BCUT2D eigenvalue weighted by molar-refractivity contribution is 5.76. The lowest BCUT2D eigenvalue weighted by Crippen LogP contribution is -2.34. The molecule has 1 heterocycles. The second kappa shape index (κ2) is 7.00. The zero-order valence-electron chi connectivity index (χ0n) is 9.67. The summed E-state index contributed by atoms with van der Waals surface area (Å²) in [5, 5.41) is 12.9. The predicted molar refractivity (Wildman–Crippen MR) is 60.8 cm³/mol. The smallest absolute Gasteiger partial charge is 0.224 e. The van der Waals surface area contributed by atoms with E-state index in [0.29, 0.717) is 26.1 Å². The molecule has 0 spiro atoms. The van der Waals surface area contributed by atoms with E-state index in [1.54, 1.807) is 15.8 Å². The lowest BCUT2D eigenvalue weighted by molar-refractivity contribution is -0.132. The predicted octanol–water partition coefficient (Wildman–Crippen LogP) is 0.504. The minimum Gasteiger partial charge on any atom is -0.395 e. The van der Waals surface area contributed by atoms with Gasteiger partial charge in [0, 0.05) is 38.4 Å². The maximum Gasteiger partial charge on any atom is 0.224 e. The van der Waals surface area contributed by atoms with Crippen molar-refractivity contribution in [3.63, 3.8) is 0 Å². The van der Waals surface area contributed by atoms with Crippen molar-refractivity contribution in [2.24, 2.45) is 0 Å². The molecule has 5 nitrogen and oxygen atoms in total. The standard InChI is InChI=1S/C11H19N3O2/c1-2-6-13(9-10-15)11(16)4-8-14-7-3-5-12-14/h3,5,7,15H,2,4,6,8-10H2,1H3. The average molecular weight is 225 g/mol. The number of rotatable bonds is 7. The van der Waals surface area contributed by atoms with E-state index >= 15 is 0 Å². The van der Waals surface area contributed by atoms with Crippen LogP contribution in [0.25, 0.3) is 0 Å². The van der Waals surface area contributed by atoms with Crippen LogP contribution in [0.5, 0.6) is 0 Å². The van der Waals surface area contributed by atoms with Gasteiger partial charge in [-0.2, -0.15) is 5.10 Å². The number of aliphatic hydroxyl groups is 1. The van der Waals surface area contributed by atoms with Crippen LogP contribution in [-0.4, -0.2) is 45.4 Å². The third-order valence-corrected chi connectivity index (χ3v) is 2.33. The fourth-order valence-electron chi connectivity index (χ4n) is 1.55. The van der Waals surface area contributed by atoms with Gasteiger partial charge >= 0.3 is 0 Å². The molecular weight excluding hydrogens is 206 g/mol. The molecule has 0 unspecified atom stereocenters. The van der Waals surface area contributed by atoms with Gasteiger partial charge in [0.15, 0.2) is 0 Å². The molecule has 0 radical (unpaired) electrons. The Morgan fingerprint density at radius 3 is 2.88 bits per heavy atom. The summed E-state index contributed by atoms with van der Waals surface area (Å²) in [6, 6.07) is 1.84. The number of amides is 1. The van der Waals surface area contributed by atoms with Crippen molar-refractivity contribution in [2.75, 3.05) is 19.7 Å². The molecule has 1 amide bonds. The minimum absolute atomic E-state index is 0.0213. The van der Waals surface area contributed by atoms with Crippen LogP contribution in [0.2, 0.25) is 0 Å². The Balaban J connectivity index is 2.36. The van der Waals surface area contributed by atoms with E-state index in [1.807, 2.05) is 19.2 Å². The summed E-state index contributed by atoms with van der Waals surface area (Å²) >= 11 is 0. The van der Waals surface area contributed by atoms with Crippen molar-refractivity contribution >= 4 is 5.91 Å². The van der Waals surface area contributed by atoms with Crippen LogP contribution >= 0.6 is 0 Å². The number of carbonyl (C=O) groups is 1. The highest BCUT2D eigenvalue weighted by Crippen LogP contribution is 1.98. The second-order valence-corrected chi connectivity index (χ2v) is 3.62. The lowest BCUT2D eigenvalue weighted by atomic mass is 10.3. The first kappa shape index (κ1) is 12.7. The summed E-state index contributed by atoms with van der Waals surface area (Å²) in [7, 11) is 0. The van der Waals surface area contributed by atoms with Crippen molar-refractivity contribution in [3.05, 3.63) is 18.5 Å². The number of hydrogen-bond acceptors (Lipinski definition) is 3. The summed E-state index contributed by atoms with van der Waals surface area (Å²) < 4.78 is 1.74. The van der Waals surface area contributed by atoms with Crippen LogP contribution in [-0.2, 0) is 11.3 Å². The molecule has 0 aliphatic carbocycles. The van der Waals surface area contributed by atoms with Crippen molar-refractivity contribution < 1.29 is 9.90 Å². The van der Waals surface area contributed by atoms with E-state index in [9.17, 15) is 4.79 Å². The number of nitrogens with zero attached hydrogens (tertiary/aromatic N) is 3. The van der Waals surface area contributed by atoms with Gasteiger partial charge in [-0.15, -0.1) is 0 Å². The van der Waals surface area contributed by atoms with E-state index in [2.05, 4.69) is 5.10 Å². The van der Waals surface area contributed by atoms with Crippen molar-refractivity contribution in [2.45, 2.75) is 26.3 Å². The molecule has 1 N–H and O–H groups in total. The van der Waals surface area contributed by atoms with Crippen LogP contribution < -0.4 is 0 Å². The van der Waals surface area contributed by atoms with Gasteiger partial charge in [0.1, 0.15) is 0 Å². The van der Waals surface area contributed by atoms with Gasteiger partial charge in [-0.1, -0.05) is 6.92 Å². The van der Waals surface area contributed by atoms with Gasteiger partial charge in [-0.3, -0.25) is 9.48 Å². The zero-order valence-corrected chi connectivity index (χ0v) is 9.67. The van der Waals surface area contributed by atoms with Gasteiger partial charge in [0.05, 0.1) is 6.61 Å². The number of aryl methyl sites for hydroxylation is 1. The average Bonchev–Trinajstić information content (AvgIpc) is 2.78. The van der Waals surface area contributed by atoms with Crippen LogP contribution in [0, 0.1) is 0 Å². The molecule has 90 valence electrons. The first-order chi connectivity index (χ1) is 7.77. The molecule has 0 aliphatic heterocycles. The fourth-order valence-corrected chi connectivity index (χ4v) is 1.55. The lowest BCUT2D eigenvalue weighted by Gasteiger charge is -2.20. The molecule has 1 aromatic rings. The molecule has 0 aliphatic rings. The van der Waals surface area contributed by atoms with E-state index < -0.39 is 0 Å². The molecule has 0 atom stereocenters. The highest BCUT2D eigenvalue weighted by Gasteiger charge is 2.11. The van der Waals surface area contributed by atoms with E-state index in [4.69, 9.17) is 5.11 Å². The first-order valence-electron chi connectivity index (χ1n) is 5.64. The van der Waals surface area contributed by atoms with Gasteiger partial charge < -0.3 is 10.0 Å². The molecule has 0 saturated heterocycles. The maximum atomic E-state index is 11.8. The largest absolute Gasteiger partial charge is 0.395 e. The number of aromatic nitrogens is 2. The van der Waals surface area contributed by atoms with Crippen LogP contribution in [0.15, 0.2) is 18.5 Å². The molecule has 5 heteroatoms. The Morgan fingerprint density at radius 2 is 2.31 bits per heavy atom. The highest BCUT2D eigenvalue weighted by atomic mass is 16.3. The van der Waals surface area contributed by atoms with Crippen LogP contribution in [0.4, 0.5) is 0 Å². The molecule has 1 rings (SSSR count). The Bertz CT molecular complexity index is 292. The third kappa shape index (κ3) is 4.02. The topological polar surface area (TPSA) is 58.4 Å². The summed E-state index contributed by atoms with van der Waals surface area (Å²) in [5.41, 5.74) is 0. The molecule has 0 aromatic carbocycles. The SMILES string of the molecule is CCCN(CCO)C(=O)CCn1cccn1. The summed E-state index contributed by atoms with van der Waals surface area (Å²) in [4.78, 5) is 13.5. The third-order valence-electron chi connectivity index (χ3n) is 2.33. The van der Waals surface area contributed by atoms with Gasteiger partial charge in [0.2, 0.25) is 5.91 Å². The molecular formula is C11H19N3O2. The van der Waals surface area contributed by atoms with Gasteiger partial charge in [-0.25, -0.2) is 0 Å². The monoisotopic (exact) mass is 225 g/mol. The Kier molecular flexibility index (Phi) is 5.56. The van der Waals surface area contributed by atoms with Crippen molar-refractivity contribution in [1.82, 2.24) is 14.7 Å². The maximum absolute atomic E-state index is 11.8. The summed E-state index contributed by atoms with van der Waals surface area (Å²) in [5.74, 6) is 0.0754. The van der Waals surface area contributed by atoms with E-state index in [1.165, 1.54) is 0 Å². The fraction of sp³-hybridized carbons (Fsp3) is 0.636. The van der Waals surface area contributed by atoms with Crippen LogP contribution in [0.1, 0.15) is 19.8 Å². The molecule has 0 bridgehead atoms. The quantitative estimate of drug-likeness (QED) is 0.735. The van der Waals surface area contributed by atoms with Crippen molar-refractivity contribution in [1.29, 1.82) is 0 Å². The van der Waals surface area contributed by atoms with Crippen molar-refractivity contribution in [3.8, 4) is 0 Å². The van der Waals surface area contributed by atoms with E-state index in [-0.39, 0.29) is 12.5 Å². The van der Waals surface area contributed by atoms with Crippen LogP contribution in [0.3, 0.4) is 0 Å². The summed E-state index contributed by atoms with van der Waals surface area (Å²) in [6.45, 7) is 3.76. The Hall–Kier alpha value is -1.36. The molecule has 0 fully saturated rings. The molecule has 1 aromatic heterocycles. The Labute approximate surface area is 95.7 Å². The van der Waals surface area contributed by atoms with Gasteiger partial charge in [0.25, 0.3) is 0 Å². The summed E-state index contributed by atoms with van der Waals surface area (Å²) in [6.07, 6.45) is 4.88. The Morgan fingerprint density at radius 1 is 1.50 bits per heavy atom. The normalized spacial score (nSPS) is 10.4. The second-order valence-electron chi connectivity index (χ2n) is 3.62. The molecule has 16 heavy (non-hydrogen) atoms. The van der Waals surface area contributed by atoms with E-state index in [0.717, 1.165) is 6.42 Å². The molecule has 0 saturated carbocycles. The number of hydrogen-bond donors (Lipinski definition) is 1. The number of carbonyl (C=O) groups excluding carboxylic acids is 1. The van der Waals surface area contributed by atoms with Gasteiger partial charge in [-0.05, 0) is 12.5 Å². The zero-order chi connectivity index (χ0) is 11.8. The minimum atomic E-state index is 0.0213.